The smallest absolute Gasteiger partial charge is 0.251 e. The lowest BCUT2D eigenvalue weighted by Crippen LogP contribution is -2.24. The maximum atomic E-state index is 12.3. The highest BCUT2D eigenvalue weighted by Gasteiger charge is 2.17. The van der Waals surface area contributed by atoms with Gasteiger partial charge in [-0.05, 0) is 36.2 Å². The van der Waals surface area contributed by atoms with Crippen LogP contribution >= 0.6 is 11.8 Å². The fourth-order valence-electron chi connectivity index (χ4n) is 2.31. The molecule has 0 aromatic heterocycles. The molecule has 0 aliphatic carbocycles. The molecule has 3 rings (SSSR count). The number of aryl methyl sites for hydroxylation is 1. The van der Waals surface area contributed by atoms with Crippen molar-refractivity contribution in [3.8, 4) is 0 Å². The van der Waals surface area contributed by atoms with Crippen LogP contribution in [0.1, 0.15) is 21.5 Å². The zero-order valence-corrected chi connectivity index (χ0v) is 13.0. The molecule has 112 valence electrons. The van der Waals surface area contributed by atoms with Crippen LogP contribution in [-0.4, -0.2) is 17.6 Å². The molecule has 0 unspecified atom stereocenters. The Hall–Kier alpha value is -2.27. The predicted octanol–water partition coefficient (Wildman–Crippen LogP) is 2.97. The summed E-state index contributed by atoms with van der Waals surface area (Å²) in [6.45, 7) is 2.51. The average Bonchev–Trinajstić information content (AvgIpc) is 2.53. The number of fused-ring (bicyclic) bond motifs is 1. The van der Waals surface area contributed by atoms with Crippen LogP contribution in [0.5, 0.6) is 0 Å². The molecule has 22 heavy (non-hydrogen) atoms. The van der Waals surface area contributed by atoms with E-state index in [0.717, 1.165) is 16.0 Å². The lowest BCUT2D eigenvalue weighted by molar-refractivity contribution is -0.113. The number of rotatable bonds is 3. The van der Waals surface area contributed by atoms with Crippen molar-refractivity contribution in [1.29, 1.82) is 0 Å². The minimum atomic E-state index is -0.143. The fraction of sp³-hybridized carbons (Fsp3) is 0.176. The van der Waals surface area contributed by atoms with Crippen molar-refractivity contribution >= 4 is 29.3 Å². The molecular weight excluding hydrogens is 296 g/mol. The zero-order valence-electron chi connectivity index (χ0n) is 12.2. The summed E-state index contributed by atoms with van der Waals surface area (Å²) in [5, 5.41) is 5.71. The highest BCUT2D eigenvalue weighted by Crippen LogP contribution is 2.31. The summed E-state index contributed by atoms with van der Waals surface area (Å²) in [6, 6.07) is 13.3. The molecule has 1 aliphatic heterocycles. The van der Waals surface area contributed by atoms with Crippen molar-refractivity contribution in [2.24, 2.45) is 0 Å². The monoisotopic (exact) mass is 312 g/mol. The molecule has 0 spiro atoms. The van der Waals surface area contributed by atoms with Gasteiger partial charge < -0.3 is 10.6 Å². The van der Waals surface area contributed by atoms with Gasteiger partial charge in [-0.25, -0.2) is 0 Å². The van der Waals surface area contributed by atoms with Crippen LogP contribution in [0, 0.1) is 6.92 Å². The van der Waals surface area contributed by atoms with Crippen LogP contribution < -0.4 is 10.6 Å². The third-order valence-corrected chi connectivity index (χ3v) is 4.65. The number of anilines is 1. The number of benzene rings is 2. The van der Waals surface area contributed by atoms with Gasteiger partial charge in [-0.3, -0.25) is 9.59 Å². The van der Waals surface area contributed by atoms with Gasteiger partial charge in [0.25, 0.3) is 5.91 Å². The van der Waals surface area contributed by atoms with Crippen LogP contribution in [0.3, 0.4) is 0 Å². The third-order valence-electron chi connectivity index (χ3n) is 3.58. The SMILES string of the molecule is Cc1ccccc1CNC(=O)c1ccc2c(c1)NC(=O)CS2. The Bertz CT molecular complexity index is 743. The molecule has 0 saturated heterocycles. The van der Waals surface area contributed by atoms with Gasteiger partial charge >= 0.3 is 0 Å². The van der Waals surface area contributed by atoms with Gasteiger partial charge in [0, 0.05) is 17.0 Å². The molecule has 0 bridgehead atoms. The molecule has 5 heteroatoms. The zero-order chi connectivity index (χ0) is 15.5. The van der Waals surface area contributed by atoms with Crippen LogP contribution in [-0.2, 0) is 11.3 Å². The second-order valence-electron chi connectivity index (χ2n) is 5.16. The third kappa shape index (κ3) is 3.14. The maximum Gasteiger partial charge on any atom is 0.251 e. The first kappa shape index (κ1) is 14.7. The van der Waals surface area contributed by atoms with E-state index in [1.165, 1.54) is 11.8 Å². The summed E-state index contributed by atoms with van der Waals surface area (Å²) in [4.78, 5) is 24.7. The molecule has 4 nitrogen and oxygen atoms in total. The number of carbonyl (C=O) groups excluding carboxylic acids is 2. The first-order valence-electron chi connectivity index (χ1n) is 7.03. The Kier molecular flexibility index (Phi) is 4.15. The summed E-state index contributed by atoms with van der Waals surface area (Å²) in [5.41, 5.74) is 3.51. The normalized spacial score (nSPS) is 13.2. The topological polar surface area (TPSA) is 58.2 Å². The minimum absolute atomic E-state index is 0.0324. The molecular formula is C17H16N2O2S. The molecule has 2 amide bonds. The molecule has 0 radical (unpaired) electrons. The molecule has 1 aliphatic rings. The van der Waals surface area contributed by atoms with Gasteiger partial charge in [0.15, 0.2) is 0 Å². The summed E-state index contributed by atoms with van der Waals surface area (Å²) in [5.74, 6) is 0.247. The van der Waals surface area contributed by atoms with Crippen molar-refractivity contribution in [1.82, 2.24) is 5.32 Å². The lowest BCUT2D eigenvalue weighted by atomic mass is 10.1. The fourth-order valence-corrected chi connectivity index (χ4v) is 3.10. The van der Waals surface area contributed by atoms with Crippen LogP contribution in [0.2, 0.25) is 0 Å². The average molecular weight is 312 g/mol. The lowest BCUT2D eigenvalue weighted by Gasteiger charge is -2.17. The molecule has 0 atom stereocenters. The van der Waals surface area contributed by atoms with Crippen molar-refractivity contribution in [2.45, 2.75) is 18.4 Å². The van der Waals surface area contributed by atoms with E-state index in [-0.39, 0.29) is 11.8 Å². The number of hydrogen-bond acceptors (Lipinski definition) is 3. The van der Waals surface area contributed by atoms with E-state index < -0.39 is 0 Å². The second kappa shape index (κ2) is 6.23. The van der Waals surface area contributed by atoms with Crippen molar-refractivity contribution < 1.29 is 9.59 Å². The van der Waals surface area contributed by atoms with Gasteiger partial charge in [-0.15, -0.1) is 11.8 Å². The number of amides is 2. The van der Waals surface area contributed by atoms with Gasteiger partial charge in [0.05, 0.1) is 11.4 Å². The maximum absolute atomic E-state index is 12.3. The Balaban J connectivity index is 1.72. The number of thioether (sulfide) groups is 1. The Labute approximate surface area is 133 Å². The van der Waals surface area contributed by atoms with E-state index in [2.05, 4.69) is 10.6 Å². The Morgan fingerprint density at radius 3 is 2.91 bits per heavy atom. The molecule has 2 aromatic rings. The van der Waals surface area contributed by atoms with Crippen molar-refractivity contribution in [3.63, 3.8) is 0 Å². The van der Waals surface area contributed by atoms with Gasteiger partial charge in [-0.1, -0.05) is 24.3 Å². The standard InChI is InChI=1S/C17H16N2O2S/c1-11-4-2-3-5-13(11)9-18-17(21)12-6-7-15-14(8-12)19-16(20)10-22-15/h2-8H,9-10H2,1H3,(H,18,21)(H,19,20). The van der Waals surface area contributed by atoms with E-state index in [4.69, 9.17) is 0 Å². The van der Waals surface area contributed by atoms with Crippen molar-refractivity contribution in [2.75, 3.05) is 11.1 Å². The molecule has 0 saturated carbocycles. The number of hydrogen-bond donors (Lipinski definition) is 2. The Morgan fingerprint density at radius 2 is 2.09 bits per heavy atom. The quantitative estimate of drug-likeness (QED) is 0.916. The second-order valence-corrected chi connectivity index (χ2v) is 6.17. The first-order valence-corrected chi connectivity index (χ1v) is 8.01. The van der Waals surface area contributed by atoms with E-state index in [1.54, 1.807) is 12.1 Å². The highest BCUT2D eigenvalue weighted by molar-refractivity contribution is 8.00. The number of carbonyl (C=O) groups is 2. The van der Waals surface area contributed by atoms with Crippen LogP contribution in [0.25, 0.3) is 0 Å². The summed E-state index contributed by atoms with van der Waals surface area (Å²) < 4.78 is 0. The highest BCUT2D eigenvalue weighted by atomic mass is 32.2. The van der Waals surface area contributed by atoms with Gasteiger partial charge in [0.1, 0.15) is 0 Å². The summed E-state index contributed by atoms with van der Waals surface area (Å²) in [7, 11) is 0. The minimum Gasteiger partial charge on any atom is -0.348 e. The molecule has 2 N–H and O–H groups in total. The molecule has 1 heterocycles. The van der Waals surface area contributed by atoms with E-state index in [1.807, 2.05) is 37.3 Å². The summed E-state index contributed by atoms with van der Waals surface area (Å²) in [6.07, 6.45) is 0. The van der Waals surface area contributed by atoms with E-state index >= 15 is 0 Å². The van der Waals surface area contributed by atoms with E-state index in [0.29, 0.717) is 23.5 Å². The Morgan fingerprint density at radius 1 is 1.27 bits per heavy atom. The molecule has 2 aromatic carbocycles. The van der Waals surface area contributed by atoms with E-state index in [9.17, 15) is 9.59 Å². The largest absolute Gasteiger partial charge is 0.348 e. The molecule has 0 fully saturated rings. The number of nitrogens with one attached hydrogen (secondary N) is 2. The van der Waals surface area contributed by atoms with Gasteiger partial charge in [0.2, 0.25) is 5.91 Å². The predicted molar refractivity (Wildman–Crippen MR) is 88.1 cm³/mol. The van der Waals surface area contributed by atoms with Gasteiger partial charge in [-0.2, -0.15) is 0 Å². The summed E-state index contributed by atoms with van der Waals surface area (Å²) >= 11 is 1.49. The van der Waals surface area contributed by atoms with Crippen LogP contribution in [0.15, 0.2) is 47.4 Å². The van der Waals surface area contributed by atoms with Crippen molar-refractivity contribution in [3.05, 3.63) is 59.2 Å². The first-order chi connectivity index (χ1) is 10.6. The van der Waals surface area contributed by atoms with Crippen LogP contribution in [0.4, 0.5) is 5.69 Å².